The van der Waals surface area contributed by atoms with Crippen molar-refractivity contribution >= 4 is 29.2 Å². The third-order valence-corrected chi connectivity index (χ3v) is 2.92. The Bertz CT molecular complexity index is 477. The molecular weight excluding hydrogens is 280 g/mol. The SMILES string of the molecule is CC(C)CCC(=O)O[C@H](C)C(=O)Nc1cccnc1Cl. The molecule has 0 aliphatic rings. The molecule has 0 aromatic carbocycles. The Kier molecular flexibility index (Phi) is 6.45. The number of pyridine rings is 1. The van der Waals surface area contributed by atoms with Gasteiger partial charge in [-0.15, -0.1) is 0 Å². The first-order valence-corrected chi connectivity index (χ1v) is 6.88. The maximum atomic E-state index is 11.9. The Morgan fingerprint density at radius 3 is 2.70 bits per heavy atom. The number of nitrogens with one attached hydrogen (secondary N) is 1. The lowest BCUT2D eigenvalue weighted by Crippen LogP contribution is -2.30. The van der Waals surface area contributed by atoms with Crippen LogP contribution in [-0.4, -0.2) is 23.0 Å². The smallest absolute Gasteiger partial charge is 0.306 e. The van der Waals surface area contributed by atoms with E-state index in [9.17, 15) is 9.59 Å². The number of ether oxygens (including phenoxy) is 1. The van der Waals surface area contributed by atoms with Gasteiger partial charge in [-0.2, -0.15) is 0 Å². The van der Waals surface area contributed by atoms with Crippen LogP contribution in [0.4, 0.5) is 5.69 Å². The van der Waals surface area contributed by atoms with E-state index in [4.69, 9.17) is 16.3 Å². The molecule has 1 aromatic heterocycles. The number of carbonyl (C=O) groups excluding carboxylic acids is 2. The van der Waals surface area contributed by atoms with Crippen molar-refractivity contribution < 1.29 is 14.3 Å². The Balaban J connectivity index is 2.47. The highest BCUT2D eigenvalue weighted by atomic mass is 35.5. The molecule has 6 heteroatoms. The van der Waals surface area contributed by atoms with Crippen LogP contribution >= 0.6 is 11.6 Å². The molecule has 0 radical (unpaired) electrons. The van der Waals surface area contributed by atoms with Crippen molar-refractivity contribution in [2.75, 3.05) is 5.32 Å². The number of hydrogen-bond acceptors (Lipinski definition) is 4. The summed E-state index contributed by atoms with van der Waals surface area (Å²) in [5, 5.41) is 2.76. The fourth-order valence-corrected chi connectivity index (χ4v) is 1.60. The summed E-state index contributed by atoms with van der Waals surface area (Å²) in [6.45, 7) is 5.56. The topological polar surface area (TPSA) is 68.3 Å². The predicted octanol–water partition coefficient (Wildman–Crippen LogP) is 3.04. The van der Waals surface area contributed by atoms with E-state index >= 15 is 0 Å². The number of hydrogen-bond donors (Lipinski definition) is 1. The molecule has 1 aromatic rings. The molecule has 0 spiro atoms. The summed E-state index contributed by atoms with van der Waals surface area (Å²) < 4.78 is 5.06. The number of esters is 1. The van der Waals surface area contributed by atoms with Gasteiger partial charge in [0.05, 0.1) is 5.69 Å². The van der Waals surface area contributed by atoms with Gasteiger partial charge in [0, 0.05) is 12.6 Å². The largest absolute Gasteiger partial charge is 0.453 e. The molecule has 1 heterocycles. The summed E-state index contributed by atoms with van der Waals surface area (Å²) >= 11 is 5.83. The van der Waals surface area contributed by atoms with E-state index in [1.807, 2.05) is 13.8 Å². The summed E-state index contributed by atoms with van der Waals surface area (Å²) in [5.74, 6) is -0.391. The number of carbonyl (C=O) groups is 2. The van der Waals surface area contributed by atoms with Gasteiger partial charge in [0.25, 0.3) is 5.91 Å². The maximum absolute atomic E-state index is 11.9. The zero-order valence-corrected chi connectivity index (χ0v) is 12.6. The zero-order chi connectivity index (χ0) is 15.1. The van der Waals surface area contributed by atoms with Crippen LogP contribution in [0, 0.1) is 5.92 Å². The Morgan fingerprint density at radius 2 is 2.10 bits per heavy atom. The first kappa shape index (κ1) is 16.4. The highest BCUT2D eigenvalue weighted by molar-refractivity contribution is 6.32. The van der Waals surface area contributed by atoms with Crippen molar-refractivity contribution in [3.05, 3.63) is 23.5 Å². The molecule has 0 bridgehead atoms. The van der Waals surface area contributed by atoms with Gasteiger partial charge < -0.3 is 10.1 Å². The molecule has 0 saturated heterocycles. The molecule has 5 nitrogen and oxygen atoms in total. The first-order valence-electron chi connectivity index (χ1n) is 6.51. The van der Waals surface area contributed by atoms with Crippen molar-refractivity contribution in [3.63, 3.8) is 0 Å². The van der Waals surface area contributed by atoms with Crippen molar-refractivity contribution in [1.82, 2.24) is 4.98 Å². The molecule has 20 heavy (non-hydrogen) atoms. The van der Waals surface area contributed by atoms with Crippen molar-refractivity contribution in [3.8, 4) is 0 Å². The molecule has 1 atom stereocenters. The summed E-state index contributed by atoms with van der Waals surface area (Å²) in [6.07, 6.45) is 1.70. The highest BCUT2D eigenvalue weighted by Crippen LogP contribution is 2.18. The molecule has 0 aliphatic heterocycles. The Morgan fingerprint density at radius 1 is 1.40 bits per heavy atom. The number of halogens is 1. The molecule has 1 N–H and O–H groups in total. The van der Waals surface area contributed by atoms with Gasteiger partial charge >= 0.3 is 5.97 Å². The third-order valence-electron chi connectivity index (χ3n) is 2.62. The second-order valence-corrected chi connectivity index (χ2v) is 5.25. The van der Waals surface area contributed by atoms with E-state index in [0.717, 1.165) is 6.42 Å². The third kappa shape index (κ3) is 5.57. The van der Waals surface area contributed by atoms with Gasteiger partial charge in [-0.05, 0) is 31.4 Å². The Hall–Kier alpha value is -1.62. The molecule has 0 saturated carbocycles. The van der Waals surface area contributed by atoms with Crippen LogP contribution in [0.25, 0.3) is 0 Å². The molecular formula is C14H19ClN2O3. The van der Waals surface area contributed by atoms with Gasteiger partial charge in [-0.25, -0.2) is 4.98 Å². The fourth-order valence-electron chi connectivity index (χ4n) is 1.43. The van der Waals surface area contributed by atoms with Gasteiger partial charge in [0.15, 0.2) is 11.3 Å². The predicted molar refractivity (Wildman–Crippen MR) is 77.5 cm³/mol. The van der Waals surface area contributed by atoms with Crippen LogP contribution in [0.3, 0.4) is 0 Å². The van der Waals surface area contributed by atoms with E-state index < -0.39 is 12.0 Å². The average Bonchev–Trinajstić information content (AvgIpc) is 2.39. The van der Waals surface area contributed by atoms with E-state index in [2.05, 4.69) is 10.3 Å². The van der Waals surface area contributed by atoms with Crippen molar-refractivity contribution in [2.45, 2.75) is 39.7 Å². The number of amides is 1. The van der Waals surface area contributed by atoms with Gasteiger partial charge in [0.2, 0.25) is 0 Å². The average molecular weight is 299 g/mol. The minimum Gasteiger partial charge on any atom is -0.453 e. The molecule has 1 amide bonds. The van der Waals surface area contributed by atoms with E-state index in [0.29, 0.717) is 18.0 Å². The van der Waals surface area contributed by atoms with Crippen LogP contribution in [0.15, 0.2) is 18.3 Å². The lowest BCUT2D eigenvalue weighted by atomic mass is 10.1. The zero-order valence-electron chi connectivity index (χ0n) is 11.9. The standard InChI is InChI=1S/C14H19ClN2O3/c1-9(2)6-7-12(18)20-10(3)14(19)17-11-5-4-8-16-13(11)15/h4-5,8-10H,6-7H2,1-3H3,(H,17,19)/t10-/m1/s1. The normalized spacial score (nSPS) is 12.1. The van der Waals surface area contributed by atoms with Crippen LogP contribution in [-0.2, 0) is 14.3 Å². The molecule has 110 valence electrons. The van der Waals surface area contributed by atoms with Gasteiger partial charge in [-0.3, -0.25) is 9.59 Å². The summed E-state index contributed by atoms with van der Waals surface area (Å²) in [5.41, 5.74) is 0.393. The van der Waals surface area contributed by atoms with Gasteiger partial charge in [-0.1, -0.05) is 25.4 Å². The highest BCUT2D eigenvalue weighted by Gasteiger charge is 2.18. The van der Waals surface area contributed by atoms with Crippen molar-refractivity contribution in [2.24, 2.45) is 5.92 Å². The number of anilines is 1. The molecule has 0 fully saturated rings. The summed E-state index contributed by atoms with van der Waals surface area (Å²) in [4.78, 5) is 27.2. The number of nitrogens with zero attached hydrogens (tertiary/aromatic N) is 1. The second-order valence-electron chi connectivity index (χ2n) is 4.90. The second kappa shape index (κ2) is 7.85. The maximum Gasteiger partial charge on any atom is 0.306 e. The summed E-state index contributed by atoms with van der Waals surface area (Å²) in [6, 6.07) is 3.28. The van der Waals surface area contributed by atoms with Crippen LogP contribution < -0.4 is 5.32 Å². The first-order chi connectivity index (χ1) is 9.40. The molecule has 0 unspecified atom stereocenters. The number of rotatable bonds is 6. The van der Waals surface area contributed by atoms with Crippen molar-refractivity contribution in [1.29, 1.82) is 0 Å². The lowest BCUT2D eigenvalue weighted by Gasteiger charge is -2.14. The minimum atomic E-state index is -0.870. The summed E-state index contributed by atoms with van der Waals surface area (Å²) in [7, 11) is 0. The minimum absolute atomic E-state index is 0.194. The van der Waals surface area contributed by atoms with Crippen LogP contribution in [0.1, 0.15) is 33.6 Å². The number of aromatic nitrogens is 1. The van der Waals surface area contributed by atoms with E-state index in [-0.39, 0.29) is 11.1 Å². The van der Waals surface area contributed by atoms with E-state index in [1.165, 1.54) is 13.1 Å². The molecule has 1 rings (SSSR count). The van der Waals surface area contributed by atoms with Crippen LogP contribution in [0.2, 0.25) is 5.15 Å². The van der Waals surface area contributed by atoms with E-state index in [1.54, 1.807) is 12.1 Å². The lowest BCUT2D eigenvalue weighted by molar-refractivity contribution is -0.153. The monoisotopic (exact) mass is 298 g/mol. The fraction of sp³-hybridized carbons (Fsp3) is 0.500. The van der Waals surface area contributed by atoms with Crippen LogP contribution in [0.5, 0.6) is 0 Å². The Labute approximate surface area is 123 Å². The molecule has 0 aliphatic carbocycles. The quantitative estimate of drug-likeness (QED) is 0.647. The van der Waals surface area contributed by atoms with Gasteiger partial charge in [0.1, 0.15) is 0 Å².